The van der Waals surface area contributed by atoms with Gasteiger partial charge in [0.25, 0.3) is 0 Å². The molecule has 0 amide bonds. The molecule has 0 N–H and O–H groups in total. The zero-order chi connectivity index (χ0) is 25.4. The van der Waals surface area contributed by atoms with Crippen molar-refractivity contribution in [2.75, 3.05) is 11.4 Å². The number of benzene rings is 2. The standard InChI is InChI=1S/C25H20F4N4O3/c26-20-9-15(4-5-21(20)36-19-8-16(12-30)7-17(10-19)25(27,28)29)14-35-22-11-23-32-6-2-1-3-18(32)13-33(23)24(34)31-22/h4-5,7-11,18H,1-3,6,13-14H2. The number of halogens is 4. The fourth-order valence-corrected chi connectivity index (χ4v) is 4.55. The molecule has 0 saturated carbocycles. The summed E-state index contributed by atoms with van der Waals surface area (Å²) in [6.07, 6.45) is -1.49. The normalized spacial score (nSPS) is 16.8. The maximum Gasteiger partial charge on any atom is 0.416 e. The van der Waals surface area contributed by atoms with Crippen LogP contribution in [0.3, 0.4) is 0 Å². The molecule has 1 atom stereocenters. The topological polar surface area (TPSA) is 80.4 Å². The van der Waals surface area contributed by atoms with Crippen LogP contribution >= 0.6 is 0 Å². The van der Waals surface area contributed by atoms with E-state index in [1.807, 2.05) is 0 Å². The molecule has 1 unspecified atom stereocenters. The van der Waals surface area contributed by atoms with Crippen molar-refractivity contribution in [3.8, 4) is 23.4 Å². The Hall–Kier alpha value is -4.07. The lowest BCUT2D eigenvalue weighted by atomic mass is 10.0. The molecule has 3 heterocycles. The molecule has 2 aliphatic rings. The zero-order valence-electron chi connectivity index (χ0n) is 18.9. The minimum Gasteiger partial charge on any atom is -0.473 e. The highest BCUT2D eigenvalue weighted by atomic mass is 19.4. The predicted molar refractivity (Wildman–Crippen MR) is 120 cm³/mol. The second-order valence-corrected chi connectivity index (χ2v) is 8.70. The minimum absolute atomic E-state index is 0.0847. The van der Waals surface area contributed by atoms with Gasteiger partial charge in [0.2, 0.25) is 5.88 Å². The molecule has 11 heteroatoms. The summed E-state index contributed by atoms with van der Waals surface area (Å²) in [7, 11) is 0. The van der Waals surface area contributed by atoms with Gasteiger partial charge in [-0.3, -0.25) is 4.57 Å². The first-order chi connectivity index (χ1) is 17.2. The Morgan fingerprint density at radius 1 is 1.14 bits per heavy atom. The number of hydrogen-bond acceptors (Lipinski definition) is 6. The maximum absolute atomic E-state index is 14.7. The first kappa shape index (κ1) is 23.7. The molecule has 0 radical (unpaired) electrons. The van der Waals surface area contributed by atoms with E-state index in [4.69, 9.17) is 14.7 Å². The number of nitriles is 1. The quantitative estimate of drug-likeness (QED) is 0.458. The second-order valence-electron chi connectivity index (χ2n) is 8.70. The van der Waals surface area contributed by atoms with Gasteiger partial charge in [0, 0.05) is 25.2 Å². The smallest absolute Gasteiger partial charge is 0.416 e. The summed E-state index contributed by atoms with van der Waals surface area (Å²) in [6, 6.07) is 9.96. The first-order valence-corrected chi connectivity index (χ1v) is 11.3. The summed E-state index contributed by atoms with van der Waals surface area (Å²) in [5.41, 5.74) is -1.33. The molecule has 1 fully saturated rings. The number of alkyl halides is 3. The number of aromatic nitrogens is 2. The number of piperidine rings is 1. The van der Waals surface area contributed by atoms with Crippen LogP contribution < -0.4 is 20.1 Å². The van der Waals surface area contributed by atoms with Crippen LogP contribution in [0.1, 0.15) is 36.0 Å². The lowest BCUT2D eigenvalue weighted by Crippen LogP contribution is -2.36. The summed E-state index contributed by atoms with van der Waals surface area (Å²) in [6.45, 7) is 1.39. The van der Waals surface area contributed by atoms with Crippen LogP contribution in [0, 0.1) is 17.1 Å². The average molecular weight is 500 g/mol. The van der Waals surface area contributed by atoms with Gasteiger partial charge in [-0.25, -0.2) is 9.18 Å². The third-order valence-corrected chi connectivity index (χ3v) is 6.25. The van der Waals surface area contributed by atoms with Gasteiger partial charge in [-0.1, -0.05) is 6.07 Å². The summed E-state index contributed by atoms with van der Waals surface area (Å²) in [5, 5.41) is 9.00. The van der Waals surface area contributed by atoms with E-state index in [2.05, 4.69) is 9.88 Å². The molecule has 36 heavy (non-hydrogen) atoms. The number of nitrogens with zero attached hydrogens (tertiary/aromatic N) is 4. The number of anilines is 1. The molecule has 2 aliphatic heterocycles. The molecule has 186 valence electrons. The van der Waals surface area contributed by atoms with Gasteiger partial charge in [0.1, 0.15) is 18.2 Å². The first-order valence-electron chi connectivity index (χ1n) is 11.3. The van der Waals surface area contributed by atoms with Crippen molar-refractivity contribution in [1.82, 2.24) is 9.55 Å². The molecule has 5 rings (SSSR count). The molecule has 0 aliphatic carbocycles. The molecular formula is C25H20F4N4O3. The minimum atomic E-state index is -4.69. The van der Waals surface area contributed by atoms with Gasteiger partial charge < -0.3 is 14.4 Å². The van der Waals surface area contributed by atoms with Crippen molar-refractivity contribution in [1.29, 1.82) is 5.26 Å². The molecule has 1 saturated heterocycles. The van der Waals surface area contributed by atoms with Gasteiger partial charge in [-0.15, -0.1) is 0 Å². The van der Waals surface area contributed by atoms with Crippen LogP contribution in [-0.4, -0.2) is 22.1 Å². The van der Waals surface area contributed by atoms with E-state index < -0.39 is 23.2 Å². The largest absolute Gasteiger partial charge is 0.473 e. The van der Waals surface area contributed by atoms with Crippen LogP contribution in [0.2, 0.25) is 0 Å². The molecule has 2 aromatic carbocycles. The third-order valence-electron chi connectivity index (χ3n) is 6.25. The van der Waals surface area contributed by atoms with Gasteiger partial charge in [-0.05, 0) is 55.2 Å². The van der Waals surface area contributed by atoms with Crippen LogP contribution in [0.15, 0.2) is 47.3 Å². The summed E-state index contributed by atoms with van der Waals surface area (Å²) >= 11 is 0. The van der Waals surface area contributed by atoms with E-state index in [1.54, 1.807) is 16.7 Å². The Labute approximate surface area is 203 Å². The molecule has 1 aromatic heterocycles. The molecule has 7 nitrogen and oxygen atoms in total. The fraction of sp³-hybridized carbons (Fsp3) is 0.320. The third kappa shape index (κ3) is 4.71. The van der Waals surface area contributed by atoms with Crippen molar-refractivity contribution in [3.05, 3.63) is 75.5 Å². The lowest BCUT2D eigenvalue weighted by Gasteiger charge is -2.30. The molecule has 3 aromatic rings. The lowest BCUT2D eigenvalue weighted by molar-refractivity contribution is -0.137. The van der Waals surface area contributed by atoms with E-state index >= 15 is 0 Å². The van der Waals surface area contributed by atoms with Crippen molar-refractivity contribution >= 4 is 5.82 Å². The van der Waals surface area contributed by atoms with Crippen molar-refractivity contribution < 1.29 is 27.0 Å². The van der Waals surface area contributed by atoms with E-state index in [0.717, 1.165) is 43.8 Å². The maximum atomic E-state index is 14.7. The second kappa shape index (κ2) is 9.18. The zero-order valence-corrected chi connectivity index (χ0v) is 18.9. The average Bonchev–Trinajstić information content (AvgIpc) is 3.23. The molecular weight excluding hydrogens is 480 g/mol. The SMILES string of the molecule is N#Cc1cc(Oc2ccc(COc3cc4n(c(=O)n3)CC3CCCCN43)cc2F)cc(C(F)(F)F)c1. The van der Waals surface area contributed by atoms with Gasteiger partial charge >= 0.3 is 11.9 Å². The van der Waals surface area contributed by atoms with E-state index in [1.165, 1.54) is 12.1 Å². The summed E-state index contributed by atoms with van der Waals surface area (Å²) in [5.74, 6) is -0.561. The highest BCUT2D eigenvalue weighted by Crippen LogP contribution is 2.35. The molecule has 0 bridgehead atoms. The van der Waals surface area contributed by atoms with Gasteiger partial charge in [0.15, 0.2) is 11.6 Å². The highest BCUT2D eigenvalue weighted by Gasteiger charge is 2.33. The number of ether oxygens (including phenoxy) is 2. The van der Waals surface area contributed by atoms with Crippen molar-refractivity contribution in [3.63, 3.8) is 0 Å². The number of fused-ring (bicyclic) bond motifs is 3. The van der Waals surface area contributed by atoms with E-state index in [0.29, 0.717) is 24.2 Å². The van der Waals surface area contributed by atoms with Gasteiger partial charge in [0.05, 0.1) is 17.2 Å². The fourth-order valence-electron chi connectivity index (χ4n) is 4.55. The van der Waals surface area contributed by atoms with E-state index in [9.17, 15) is 22.4 Å². The van der Waals surface area contributed by atoms with Crippen molar-refractivity contribution in [2.45, 2.75) is 44.6 Å². The predicted octanol–water partition coefficient (Wildman–Crippen LogP) is 5.02. The Bertz CT molecular complexity index is 1410. The van der Waals surface area contributed by atoms with Gasteiger partial charge in [-0.2, -0.15) is 23.4 Å². The Balaban J connectivity index is 1.30. The Kier molecular flexibility index (Phi) is 6.04. The highest BCUT2D eigenvalue weighted by molar-refractivity contribution is 5.47. The van der Waals surface area contributed by atoms with Crippen LogP contribution in [-0.2, 0) is 19.3 Å². The van der Waals surface area contributed by atoms with E-state index in [-0.39, 0.29) is 35.6 Å². The van der Waals surface area contributed by atoms with Crippen LogP contribution in [0.4, 0.5) is 23.4 Å². The van der Waals surface area contributed by atoms with Crippen LogP contribution in [0.25, 0.3) is 0 Å². The number of hydrogen-bond donors (Lipinski definition) is 0. The molecule has 0 spiro atoms. The summed E-state index contributed by atoms with van der Waals surface area (Å²) < 4.78 is 66.5. The van der Waals surface area contributed by atoms with Crippen molar-refractivity contribution in [2.24, 2.45) is 0 Å². The summed E-state index contributed by atoms with van der Waals surface area (Å²) in [4.78, 5) is 18.6. The number of rotatable bonds is 5. The monoisotopic (exact) mass is 500 g/mol. The Morgan fingerprint density at radius 3 is 2.72 bits per heavy atom. The Morgan fingerprint density at radius 2 is 1.97 bits per heavy atom. The van der Waals surface area contributed by atoms with Crippen LogP contribution in [0.5, 0.6) is 17.4 Å².